The Kier molecular flexibility index (Phi) is 8.53. The molecule has 8 nitrogen and oxygen atoms in total. The summed E-state index contributed by atoms with van der Waals surface area (Å²) in [5.41, 5.74) is -0.0696. The van der Waals surface area contributed by atoms with Crippen LogP contribution >= 0.6 is 0 Å². The average Bonchev–Trinajstić information content (AvgIpc) is 3.12. The van der Waals surface area contributed by atoms with Crippen LogP contribution in [0.15, 0.2) is 0 Å². The van der Waals surface area contributed by atoms with Crippen molar-refractivity contribution in [3.63, 3.8) is 0 Å². The minimum atomic E-state index is -4.51. The van der Waals surface area contributed by atoms with Gasteiger partial charge < -0.3 is 20.4 Å². The molecule has 0 heterocycles. The van der Waals surface area contributed by atoms with Crippen LogP contribution in [0.1, 0.15) is 85.0 Å². The Morgan fingerprint density at radius 3 is 2.39 bits per heavy atom. The lowest BCUT2D eigenvalue weighted by Crippen LogP contribution is -2.63. The molecule has 9 heteroatoms. The van der Waals surface area contributed by atoms with E-state index in [2.05, 4.69) is 25.0 Å². The molecule has 0 bridgehead atoms. The summed E-state index contributed by atoms with van der Waals surface area (Å²) in [7, 11) is -4.51. The third kappa shape index (κ3) is 5.40. The van der Waals surface area contributed by atoms with Crippen LogP contribution in [0.25, 0.3) is 0 Å². The minimum absolute atomic E-state index is 0.0308. The molecule has 0 aromatic heterocycles. The molecule has 0 aromatic carbocycles. The van der Waals surface area contributed by atoms with Crippen molar-refractivity contribution >= 4 is 10.4 Å². The second kappa shape index (κ2) is 10.7. The second-order valence-corrected chi connectivity index (χ2v) is 14.4. The van der Waals surface area contributed by atoms with Crippen molar-refractivity contribution in [2.45, 2.75) is 103 Å². The first kappa shape index (κ1) is 28.7. The normalized spacial score (nSPS) is 46.4. The van der Waals surface area contributed by atoms with Crippen molar-refractivity contribution in [3.8, 4) is 0 Å². The maximum absolute atomic E-state index is 11.6. The summed E-state index contributed by atoms with van der Waals surface area (Å²) in [6.45, 7) is 6.47. The Hall–Kier alpha value is -0.290. The van der Waals surface area contributed by atoms with Crippen LogP contribution in [0.3, 0.4) is 0 Å². The van der Waals surface area contributed by atoms with Crippen molar-refractivity contribution in [2.24, 2.45) is 52.3 Å². The highest BCUT2D eigenvalue weighted by Crippen LogP contribution is 2.68. The fourth-order valence-corrected chi connectivity index (χ4v) is 9.99. The smallest absolute Gasteiger partial charge is 0.396 e. The van der Waals surface area contributed by atoms with E-state index < -0.39 is 22.6 Å². The predicted molar refractivity (Wildman–Crippen MR) is 135 cm³/mol. The lowest BCUT2D eigenvalue weighted by molar-refractivity contribution is -0.213. The third-order valence-corrected chi connectivity index (χ3v) is 11.8. The van der Waals surface area contributed by atoms with Gasteiger partial charge in [0.2, 0.25) is 0 Å². The summed E-state index contributed by atoms with van der Waals surface area (Å²) in [6.07, 6.45) is 7.26. The van der Waals surface area contributed by atoms with Gasteiger partial charge in [0.05, 0.1) is 24.9 Å². The van der Waals surface area contributed by atoms with Crippen molar-refractivity contribution in [1.29, 1.82) is 0 Å². The fraction of sp³-hybridized carbons (Fsp3) is 1.00. The Labute approximate surface area is 216 Å². The average molecular weight is 533 g/mol. The Balaban J connectivity index is 1.42. The summed E-state index contributed by atoms with van der Waals surface area (Å²) in [4.78, 5) is 0. The molecule has 0 aromatic rings. The van der Waals surface area contributed by atoms with Gasteiger partial charge in [-0.05, 0) is 97.7 Å². The van der Waals surface area contributed by atoms with Gasteiger partial charge >= 0.3 is 10.4 Å². The molecule has 0 amide bonds. The van der Waals surface area contributed by atoms with Gasteiger partial charge in [0.15, 0.2) is 0 Å². The second-order valence-electron chi connectivity index (χ2n) is 13.3. The molecule has 4 rings (SSSR count). The predicted octanol–water partition coefficient (Wildman–Crippen LogP) is 3.18. The van der Waals surface area contributed by atoms with Crippen LogP contribution in [-0.2, 0) is 14.6 Å². The molecule has 210 valence electrons. The molecule has 0 saturated heterocycles. The van der Waals surface area contributed by atoms with Gasteiger partial charge in [-0.15, -0.1) is 0 Å². The monoisotopic (exact) mass is 532 g/mol. The highest BCUT2D eigenvalue weighted by Gasteiger charge is 2.65. The summed E-state index contributed by atoms with van der Waals surface area (Å²) in [5, 5.41) is 42.9. The van der Waals surface area contributed by atoms with E-state index in [0.717, 1.165) is 57.8 Å². The van der Waals surface area contributed by atoms with E-state index in [1.807, 2.05) is 0 Å². The van der Waals surface area contributed by atoms with E-state index >= 15 is 0 Å². The third-order valence-electron chi connectivity index (χ3n) is 11.3. The van der Waals surface area contributed by atoms with Crippen LogP contribution in [0, 0.1) is 52.3 Å². The maximum atomic E-state index is 11.6. The number of fused-ring (bicyclic) bond motifs is 5. The SMILES string of the molecule is C[C@H](CCC[C@H](CO)COS(=O)(=O)O)[C@H]1CC[C@H]2[C@H]3[C@H]([C@H](O)C[C@]12C)[C@@]1(C)CC[C@@H](O)C[C@H]1C[C@H]3O. The summed E-state index contributed by atoms with van der Waals surface area (Å²) in [5.74, 6) is 1.32. The van der Waals surface area contributed by atoms with E-state index in [1.54, 1.807) is 0 Å². The molecule has 4 aliphatic carbocycles. The first-order valence-corrected chi connectivity index (χ1v) is 15.4. The largest absolute Gasteiger partial charge is 0.397 e. The maximum Gasteiger partial charge on any atom is 0.397 e. The van der Waals surface area contributed by atoms with Crippen molar-refractivity contribution < 1.29 is 37.6 Å². The molecule has 0 aliphatic heterocycles. The van der Waals surface area contributed by atoms with Gasteiger partial charge in [0, 0.05) is 12.5 Å². The zero-order chi connectivity index (χ0) is 26.5. The zero-order valence-corrected chi connectivity index (χ0v) is 22.9. The van der Waals surface area contributed by atoms with Crippen molar-refractivity contribution in [1.82, 2.24) is 0 Å². The highest BCUT2D eigenvalue weighted by molar-refractivity contribution is 7.80. The van der Waals surface area contributed by atoms with Crippen molar-refractivity contribution in [3.05, 3.63) is 0 Å². The fourth-order valence-electron chi connectivity index (χ4n) is 9.62. The van der Waals surface area contributed by atoms with Gasteiger partial charge in [-0.1, -0.05) is 33.6 Å². The first-order valence-electron chi connectivity index (χ1n) is 14.1. The van der Waals surface area contributed by atoms with Gasteiger partial charge in [0.25, 0.3) is 0 Å². The molecule has 4 saturated carbocycles. The van der Waals surface area contributed by atoms with Gasteiger partial charge in [0.1, 0.15) is 0 Å². The highest BCUT2D eigenvalue weighted by atomic mass is 32.3. The number of aliphatic hydroxyl groups is 4. The summed E-state index contributed by atoms with van der Waals surface area (Å²) in [6, 6.07) is 0. The summed E-state index contributed by atoms with van der Waals surface area (Å²) >= 11 is 0. The van der Waals surface area contributed by atoms with Crippen LogP contribution in [-0.4, -0.2) is 64.9 Å². The van der Waals surface area contributed by atoms with Gasteiger partial charge in [-0.25, -0.2) is 4.18 Å². The van der Waals surface area contributed by atoms with E-state index in [1.165, 1.54) is 0 Å². The molecule has 12 atom stereocenters. The molecule has 0 radical (unpaired) electrons. The van der Waals surface area contributed by atoms with E-state index in [4.69, 9.17) is 4.55 Å². The summed E-state index contributed by atoms with van der Waals surface area (Å²) < 4.78 is 34.9. The first-order chi connectivity index (χ1) is 16.8. The van der Waals surface area contributed by atoms with Crippen LogP contribution in [0.2, 0.25) is 0 Å². The van der Waals surface area contributed by atoms with Gasteiger partial charge in [-0.3, -0.25) is 4.55 Å². The molecule has 0 unspecified atom stereocenters. The lowest BCUT2D eigenvalue weighted by Gasteiger charge is -2.63. The molecule has 4 aliphatic rings. The molecular weight excluding hydrogens is 484 g/mol. The number of rotatable bonds is 9. The minimum Gasteiger partial charge on any atom is -0.396 e. The Morgan fingerprint density at radius 2 is 1.72 bits per heavy atom. The zero-order valence-electron chi connectivity index (χ0n) is 22.1. The molecule has 5 N–H and O–H groups in total. The Bertz CT molecular complexity index is 866. The number of hydrogen-bond donors (Lipinski definition) is 5. The number of hydrogen-bond acceptors (Lipinski definition) is 7. The van der Waals surface area contributed by atoms with Crippen molar-refractivity contribution in [2.75, 3.05) is 13.2 Å². The Morgan fingerprint density at radius 1 is 1.00 bits per heavy atom. The standard InChI is InChI=1S/C27H48O8S/c1-16(5-4-6-17(14-28)15-35-36(32,33)34)20-7-8-21-24-22(30)12-18-11-19(29)9-10-26(18,2)25(24)23(31)13-27(20,21)3/h16-25,28-31H,4-15H2,1-3H3,(H,32,33,34)/t16-,17-,18+,19-,20-,21+,22-,23-,24-,25+,26+,27-/m1/s1. The van der Waals surface area contributed by atoms with E-state index in [-0.39, 0.29) is 53.8 Å². The molecule has 0 spiro atoms. The van der Waals surface area contributed by atoms with Gasteiger partial charge in [-0.2, -0.15) is 8.42 Å². The number of aliphatic hydroxyl groups excluding tert-OH is 4. The van der Waals surface area contributed by atoms with E-state index in [9.17, 15) is 28.8 Å². The molecule has 4 fully saturated rings. The molecular formula is C27H48O8S. The van der Waals surface area contributed by atoms with E-state index in [0.29, 0.717) is 24.2 Å². The van der Waals surface area contributed by atoms with Crippen LogP contribution in [0.4, 0.5) is 0 Å². The quantitative estimate of drug-likeness (QED) is 0.285. The van der Waals surface area contributed by atoms with Crippen LogP contribution < -0.4 is 0 Å². The lowest BCUT2D eigenvalue weighted by atomic mass is 9.43. The van der Waals surface area contributed by atoms with Crippen LogP contribution in [0.5, 0.6) is 0 Å². The molecule has 36 heavy (non-hydrogen) atoms. The topological polar surface area (TPSA) is 145 Å².